The summed E-state index contributed by atoms with van der Waals surface area (Å²) in [5, 5.41) is 12.8. The van der Waals surface area contributed by atoms with Crippen LogP contribution in [-0.2, 0) is 16.0 Å². The lowest BCUT2D eigenvalue weighted by molar-refractivity contribution is -0.122. The third-order valence-electron chi connectivity index (χ3n) is 4.80. The number of terminal acetylenes is 1. The van der Waals surface area contributed by atoms with Crippen LogP contribution in [-0.4, -0.2) is 40.4 Å². The minimum Gasteiger partial charge on any atom is -0.496 e. The van der Waals surface area contributed by atoms with E-state index in [1.54, 1.807) is 13.2 Å². The summed E-state index contributed by atoms with van der Waals surface area (Å²) < 4.78 is 5.46. The average Bonchev–Trinajstić information content (AvgIpc) is 2.79. The van der Waals surface area contributed by atoms with Crippen molar-refractivity contribution in [2.45, 2.75) is 25.7 Å². The maximum atomic E-state index is 12.4. The van der Waals surface area contributed by atoms with Gasteiger partial charge in [-0.25, -0.2) is 9.97 Å². The Bertz CT molecular complexity index is 1150. The number of hydrogen-bond donors (Lipinski definition) is 2. The van der Waals surface area contributed by atoms with Crippen LogP contribution in [0.25, 0.3) is 10.9 Å². The SMILES string of the molecule is C#Cc1cccc(Nc2ncnc3cc(OC)c(CC(=O)CCCC(=O)CO)cc23)c1. The van der Waals surface area contributed by atoms with Crippen molar-refractivity contribution >= 4 is 34.0 Å². The fraction of sp³-hybridized carbons (Fsp3) is 0.250. The molecule has 0 saturated heterocycles. The number of ether oxygens (including phenoxy) is 1. The van der Waals surface area contributed by atoms with E-state index in [4.69, 9.17) is 16.3 Å². The van der Waals surface area contributed by atoms with Crippen molar-refractivity contribution in [1.82, 2.24) is 9.97 Å². The second kappa shape index (κ2) is 10.3. The Labute approximate surface area is 180 Å². The Morgan fingerprint density at radius 2 is 1.97 bits per heavy atom. The molecule has 0 aliphatic heterocycles. The molecule has 0 bridgehead atoms. The predicted octanol–water partition coefficient (Wildman–Crippen LogP) is 3.21. The number of carbonyl (C=O) groups excluding carboxylic acids is 2. The number of carbonyl (C=O) groups is 2. The van der Waals surface area contributed by atoms with Crippen LogP contribution in [0, 0.1) is 12.3 Å². The van der Waals surface area contributed by atoms with Crippen molar-refractivity contribution < 1.29 is 19.4 Å². The third-order valence-corrected chi connectivity index (χ3v) is 4.80. The van der Waals surface area contributed by atoms with E-state index < -0.39 is 6.61 Å². The summed E-state index contributed by atoms with van der Waals surface area (Å²) >= 11 is 0. The largest absolute Gasteiger partial charge is 0.496 e. The fourth-order valence-corrected chi connectivity index (χ4v) is 3.24. The first-order valence-electron chi connectivity index (χ1n) is 9.83. The normalized spacial score (nSPS) is 10.5. The van der Waals surface area contributed by atoms with Gasteiger partial charge >= 0.3 is 0 Å². The van der Waals surface area contributed by atoms with Gasteiger partial charge in [-0.3, -0.25) is 9.59 Å². The second-order valence-corrected chi connectivity index (χ2v) is 7.02. The molecular weight excluding hydrogens is 394 g/mol. The highest BCUT2D eigenvalue weighted by Crippen LogP contribution is 2.30. The van der Waals surface area contributed by atoms with Gasteiger partial charge in [0, 0.05) is 47.5 Å². The van der Waals surface area contributed by atoms with Crippen LogP contribution in [0.5, 0.6) is 5.75 Å². The minimum absolute atomic E-state index is 0.0172. The quantitative estimate of drug-likeness (QED) is 0.489. The van der Waals surface area contributed by atoms with E-state index in [1.807, 2.05) is 30.3 Å². The highest BCUT2D eigenvalue weighted by atomic mass is 16.5. The topological polar surface area (TPSA) is 101 Å². The lowest BCUT2D eigenvalue weighted by atomic mass is 10.0. The third kappa shape index (κ3) is 5.65. The molecule has 7 nitrogen and oxygen atoms in total. The van der Waals surface area contributed by atoms with Crippen LogP contribution in [0.4, 0.5) is 11.5 Å². The Morgan fingerprint density at radius 1 is 1.16 bits per heavy atom. The zero-order chi connectivity index (χ0) is 22.2. The number of methoxy groups -OCH3 is 1. The summed E-state index contributed by atoms with van der Waals surface area (Å²) in [6, 6.07) is 11.0. The number of hydrogen-bond acceptors (Lipinski definition) is 7. The predicted molar refractivity (Wildman–Crippen MR) is 118 cm³/mol. The van der Waals surface area contributed by atoms with Crippen molar-refractivity contribution in [3.8, 4) is 18.1 Å². The molecule has 0 spiro atoms. The van der Waals surface area contributed by atoms with Gasteiger partial charge in [0.25, 0.3) is 0 Å². The first-order valence-corrected chi connectivity index (χ1v) is 9.83. The number of nitrogens with one attached hydrogen (secondary N) is 1. The van der Waals surface area contributed by atoms with E-state index >= 15 is 0 Å². The summed E-state index contributed by atoms with van der Waals surface area (Å²) in [7, 11) is 1.54. The number of ketones is 2. The summed E-state index contributed by atoms with van der Waals surface area (Å²) in [5.74, 6) is 3.47. The van der Waals surface area contributed by atoms with Gasteiger partial charge in [0.05, 0.1) is 12.6 Å². The number of anilines is 2. The van der Waals surface area contributed by atoms with Gasteiger partial charge < -0.3 is 15.2 Å². The van der Waals surface area contributed by atoms with E-state index in [1.165, 1.54) is 6.33 Å². The molecule has 2 aromatic carbocycles. The maximum Gasteiger partial charge on any atom is 0.158 e. The van der Waals surface area contributed by atoms with Gasteiger partial charge in [-0.15, -0.1) is 6.42 Å². The first kappa shape index (κ1) is 21.9. The smallest absolute Gasteiger partial charge is 0.158 e. The molecule has 3 rings (SSSR count). The van der Waals surface area contributed by atoms with Crippen LogP contribution < -0.4 is 10.1 Å². The Balaban J connectivity index is 1.86. The molecule has 0 fully saturated rings. The maximum absolute atomic E-state index is 12.4. The Kier molecular flexibility index (Phi) is 7.31. The monoisotopic (exact) mass is 417 g/mol. The molecule has 31 heavy (non-hydrogen) atoms. The molecular formula is C24H23N3O4. The van der Waals surface area contributed by atoms with Crippen molar-refractivity contribution in [1.29, 1.82) is 0 Å². The number of aliphatic hydroxyl groups excluding tert-OH is 1. The highest BCUT2D eigenvalue weighted by molar-refractivity contribution is 5.93. The zero-order valence-corrected chi connectivity index (χ0v) is 17.2. The van der Waals surface area contributed by atoms with E-state index in [0.29, 0.717) is 29.1 Å². The molecule has 158 valence electrons. The van der Waals surface area contributed by atoms with E-state index in [9.17, 15) is 9.59 Å². The average molecular weight is 417 g/mol. The Morgan fingerprint density at radius 3 is 2.71 bits per heavy atom. The molecule has 0 aliphatic rings. The number of nitrogens with zero attached hydrogens (tertiary/aromatic N) is 2. The zero-order valence-electron chi connectivity index (χ0n) is 17.2. The van der Waals surface area contributed by atoms with E-state index in [0.717, 1.165) is 16.6 Å². The molecule has 7 heteroatoms. The molecule has 0 unspecified atom stereocenters. The van der Waals surface area contributed by atoms with E-state index in [2.05, 4.69) is 21.2 Å². The molecule has 0 radical (unpaired) electrons. The van der Waals surface area contributed by atoms with Crippen LogP contribution in [0.3, 0.4) is 0 Å². The van der Waals surface area contributed by atoms with Crippen molar-refractivity contribution in [3.63, 3.8) is 0 Å². The summed E-state index contributed by atoms with van der Waals surface area (Å²) in [4.78, 5) is 32.3. The number of aromatic nitrogens is 2. The molecule has 0 amide bonds. The van der Waals surface area contributed by atoms with Gasteiger partial charge in [0.2, 0.25) is 0 Å². The van der Waals surface area contributed by atoms with Gasteiger partial charge in [-0.2, -0.15) is 0 Å². The number of benzene rings is 2. The van der Waals surface area contributed by atoms with Crippen molar-refractivity contribution in [2.75, 3.05) is 19.0 Å². The number of aliphatic hydroxyl groups is 1. The summed E-state index contributed by atoms with van der Waals surface area (Å²) in [5.41, 5.74) is 2.92. The van der Waals surface area contributed by atoms with Crippen LogP contribution in [0.2, 0.25) is 0 Å². The molecule has 0 atom stereocenters. The first-order chi connectivity index (χ1) is 15.0. The summed E-state index contributed by atoms with van der Waals surface area (Å²) in [6.07, 6.45) is 7.95. The minimum atomic E-state index is -0.493. The number of rotatable bonds is 10. The molecule has 1 aromatic heterocycles. The van der Waals surface area contributed by atoms with E-state index in [-0.39, 0.29) is 30.8 Å². The fourth-order valence-electron chi connectivity index (χ4n) is 3.24. The molecule has 0 saturated carbocycles. The van der Waals surface area contributed by atoms with Crippen LogP contribution >= 0.6 is 0 Å². The summed E-state index contributed by atoms with van der Waals surface area (Å²) in [6.45, 7) is -0.493. The number of Topliss-reactive ketones (excluding diaryl/α,β-unsaturated/α-hetero) is 2. The van der Waals surface area contributed by atoms with Gasteiger partial charge in [0.15, 0.2) is 5.78 Å². The second-order valence-electron chi connectivity index (χ2n) is 7.02. The van der Waals surface area contributed by atoms with Crippen LogP contribution in [0.15, 0.2) is 42.7 Å². The van der Waals surface area contributed by atoms with Gasteiger partial charge in [-0.05, 0) is 30.7 Å². The van der Waals surface area contributed by atoms with Gasteiger partial charge in [0.1, 0.15) is 30.3 Å². The number of fused-ring (bicyclic) bond motifs is 1. The van der Waals surface area contributed by atoms with Crippen molar-refractivity contribution in [3.05, 3.63) is 53.9 Å². The van der Waals surface area contributed by atoms with Gasteiger partial charge in [-0.1, -0.05) is 12.0 Å². The standard InChI is InChI=1S/C24H23N3O4/c1-3-16-6-4-7-18(10-16)27-24-21-12-17(11-19(29)8-5-9-20(30)14-28)23(31-2)13-22(21)25-15-26-24/h1,4,6-7,10,12-13,15,28H,5,8-9,11,14H2,2H3,(H,25,26,27). The molecule has 0 aliphatic carbocycles. The van der Waals surface area contributed by atoms with Crippen molar-refractivity contribution in [2.24, 2.45) is 0 Å². The molecule has 1 heterocycles. The van der Waals surface area contributed by atoms with Crippen LogP contribution in [0.1, 0.15) is 30.4 Å². The Hall–Kier alpha value is -3.76. The molecule has 3 aromatic rings. The lowest BCUT2D eigenvalue weighted by Crippen LogP contribution is -2.08. The lowest BCUT2D eigenvalue weighted by Gasteiger charge is -2.13. The highest BCUT2D eigenvalue weighted by Gasteiger charge is 2.14. The molecule has 2 N–H and O–H groups in total.